The number of thioether (sulfide) groups is 1. The van der Waals surface area contributed by atoms with E-state index in [2.05, 4.69) is 43.4 Å². The molecule has 3 aromatic rings. The standard InChI is InChI=1S/C26H28ClNOS/c1-19(2)22-9-5-20(6-10-22)4-3-17-28-26(29)23-11-7-21(8-12-23)18-30-25-15-13-24(27)14-16-25/h5-16,19H,3-4,17-18H2,1-2H3,(H,28,29). The third-order valence-corrected chi connectivity index (χ3v) is 6.34. The van der Waals surface area contributed by atoms with Gasteiger partial charge in [0.25, 0.3) is 5.91 Å². The van der Waals surface area contributed by atoms with Crippen molar-refractivity contribution in [1.29, 1.82) is 0 Å². The maximum Gasteiger partial charge on any atom is 0.251 e. The molecule has 0 bridgehead atoms. The fraction of sp³-hybridized carbons (Fsp3) is 0.269. The van der Waals surface area contributed by atoms with Gasteiger partial charge >= 0.3 is 0 Å². The average Bonchev–Trinajstić information content (AvgIpc) is 2.77. The van der Waals surface area contributed by atoms with Crippen molar-refractivity contribution in [3.8, 4) is 0 Å². The lowest BCUT2D eigenvalue weighted by Crippen LogP contribution is -2.24. The van der Waals surface area contributed by atoms with Gasteiger partial charge in [0.1, 0.15) is 0 Å². The zero-order valence-corrected chi connectivity index (χ0v) is 19.1. The molecule has 3 rings (SSSR count). The van der Waals surface area contributed by atoms with Gasteiger partial charge in [-0.3, -0.25) is 4.79 Å². The molecule has 30 heavy (non-hydrogen) atoms. The van der Waals surface area contributed by atoms with Crippen LogP contribution in [0.15, 0.2) is 77.7 Å². The van der Waals surface area contributed by atoms with Gasteiger partial charge in [0.2, 0.25) is 0 Å². The monoisotopic (exact) mass is 437 g/mol. The van der Waals surface area contributed by atoms with Gasteiger partial charge in [0.05, 0.1) is 0 Å². The summed E-state index contributed by atoms with van der Waals surface area (Å²) in [7, 11) is 0. The lowest BCUT2D eigenvalue weighted by molar-refractivity contribution is 0.0953. The topological polar surface area (TPSA) is 29.1 Å². The van der Waals surface area contributed by atoms with Crippen LogP contribution in [0.1, 0.15) is 53.2 Å². The fourth-order valence-electron chi connectivity index (χ4n) is 3.12. The second kappa shape index (κ2) is 11.2. The Morgan fingerprint density at radius 3 is 2.17 bits per heavy atom. The Balaban J connectivity index is 1.40. The highest BCUT2D eigenvalue weighted by molar-refractivity contribution is 7.98. The number of halogens is 1. The van der Waals surface area contributed by atoms with Crippen molar-refractivity contribution in [3.05, 3.63) is 100 Å². The van der Waals surface area contributed by atoms with Crippen LogP contribution in [0.4, 0.5) is 0 Å². The number of hydrogen-bond donors (Lipinski definition) is 1. The lowest BCUT2D eigenvalue weighted by Gasteiger charge is -2.08. The van der Waals surface area contributed by atoms with E-state index in [-0.39, 0.29) is 5.91 Å². The Morgan fingerprint density at radius 1 is 0.900 bits per heavy atom. The molecule has 156 valence electrons. The Hall–Kier alpha value is -2.23. The van der Waals surface area contributed by atoms with E-state index < -0.39 is 0 Å². The molecule has 0 radical (unpaired) electrons. The van der Waals surface area contributed by atoms with E-state index in [4.69, 9.17) is 11.6 Å². The highest BCUT2D eigenvalue weighted by atomic mass is 35.5. The first-order valence-corrected chi connectivity index (χ1v) is 11.7. The van der Waals surface area contributed by atoms with E-state index in [1.54, 1.807) is 11.8 Å². The van der Waals surface area contributed by atoms with Crippen molar-refractivity contribution < 1.29 is 4.79 Å². The van der Waals surface area contributed by atoms with Crippen LogP contribution in [0.2, 0.25) is 5.02 Å². The van der Waals surface area contributed by atoms with Crippen molar-refractivity contribution in [2.24, 2.45) is 0 Å². The average molecular weight is 438 g/mol. The number of benzene rings is 3. The quantitative estimate of drug-likeness (QED) is 0.285. The van der Waals surface area contributed by atoms with Crippen molar-refractivity contribution in [3.63, 3.8) is 0 Å². The van der Waals surface area contributed by atoms with Gasteiger partial charge in [-0.25, -0.2) is 0 Å². The molecule has 4 heteroatoms. The first-order chi connectivity index (χ1) is 14.5. The van der Waals surface area contributed by atoms with Crippen LogP contribution in [-0.2, 0) is 12.2 Å². The number of hydrogen-bond acceptors (Lipinski definition) is 2. The van der Waals surface area contributed by atoms with E-state index in [0.717, 1.165) is 23.6 Å². The Kier molecular flexibility index (Phi) is 8.41. The molecule has 2 nitrogen and oxygen atoms in total. The van der Waals surface area contributed by atoms with Crippen LogP contribution in [-0.4, -0.2) is 12.5 Å². The largest absolute Gasteiger partial charge is 0.352 e. The van der Waals surface area contributed by atoms with Crippen LogP contribution in [0.5, 0.6) is 0 Å². The SMILES string of the molecule is CC(C)c1ccc(CCCNC(=O)c2ccc(CSc3ccc(Cl)cc3)cc2)cc1. The van der Waals surface area contributed by atoms with Crippen molar-refractivity contribution in [1.82, 2.24) is 5.32 Å². The Bertz CT molecular complexity index is 934. The first kappa shape index (κ1) is 22.5. The zero-order chi connectivity index (χ0) is 21.3. The molecule has 0 unspecified atom stereocenters. The summed E-state index contributed by atoms with van der Waals surface area (Å²) in [6.45, 7) is 5.09. The van der Waals surface area contributed by atoms with Crippen LogP contribution in [0.3, 0.4) is 0 Å². The summed E-state index contributed by atoms with van der Waals surface area (Å²) in [4.78, 5) is 13.5. The number of carbonyl (C=O) groups is 1. The van der Waals surface area contributed by atoms with Gasteiger partial charge < -0.3 is 5.32 Å². The molecule has 0 heterocycles. The van der Waals surface area contributed by atoms with Crippen LogP contribution in [0.25, 0.3) is 0 Å². The maximum absolute atomic E-state index is 12.4. The van der Waals surface area contributed by atoms with E-state index in [0.29, 0.717) is 18.0 Å². The van der Waals surface area contributed by atoms with Gasteiger partial charge in [-0.15, -0.1) is 11.8 Å². The highest BCUT2D eigenvalue weighted by Crippen LogP contribution is 2.24. The van der Waals surface area contributed by atoms with E-state index in [1.807, 2.05) is 48.5 Å². The van der Waals surface area contributed by atoms with Gasteiger partial charge in [0, 0.05) is 27.8 Å². The molecule has 0 atom stereocenters. The predicted octanol–water partition coefficient (Wildman–Crippen LogP) is 7.12. The molecule has 0 aromatic heterocycles. The second-order valence-electron chi connectivity index (χ2n) is 7.70. The Labute approximate surface area is 189 Å². The minimum absolute atomic E-state index is 0.0120. The number of rotatable bonds is 9. The lowest BCUT2D eigenvalue weighted by atomic mass is 10.0. The van der Waals surface area contributed by atoms with Gasteiger partial charge in [-0.2, -0.15) is 0 Å². The van der Waals surface area contributed by atoms with Gasteiger partial charge in [0.15, 0.2) is 0 Å². The predicted molar refractivity (Wildman–Crippen MR) is 129 cm³/mol. The molecule has 0 aliphatic heterocycles. The van der Waals surface area contributed by atoms with Crippen molar-refractivity contribution in [2.75, 3.05) is 6.54 Å². The molecular weight excluding hydrogens is 410 g/mol. The molecule has 0 aliphatic carbocycles. The van der Waals surface area contributed by atoms with Crippen molar-refractivity contribution in [2.45, 2.75) is 43.3 Å². The van der Waals surface area contributed by atoms with E-state index in [1.165, 1.54) is 21.6 Å². The summed E-state index contributed by atoms with van der Waals surface area (Å²) in [5.74, 6) is 1.40. The molecule has 1 amide bonds. The summed E-state index contributed by atoms with van der Waals surface area (Å²) < 4.78 is 0. The summed E-state index contributed by atoms with van der Waals surface area (Å²) in [6.07, 6.45) is 1.90. The molecule has 0 saturated carbocycles. The minimum Gasteiger partial charge on any atom is -0.352 e. The zero-order valence-electron chi connectivity index (χ0n) is 17.5. The minimum atomic E-state index is -0.0120. The third-order valence-electron chi connectivity index (χ3n) is 5.01. The highest BCUT2D eigenvalue weighted by Gasteiger charge is 2.06. The molecule has 0 fully saturated rings. The second-order valence-corrected chi connectivity index (χ2v) is 9.18. The maximum atomic E-state index is 12.4. The van der Waals surface area contributed by atoms with E-state index >= 15 is 0 Å². The smallest absolute Gasteiger partial charge is 0.251 e. The summed E-state index contributed by atoms with van der Waals surface area (Å²) in [6, 6.07) is 24.5. The summed E-state index contributed by atoms with van der Waals surface area (Å²) in [5, 5.41) is 3.77. The van der Waals surface area contributed by atoms with Crippen LogP contribution in [0, 0.1) is 0 Å². The molecular formula is C26H28ClNOS. The van der Waals surface area contributed by atoms with E-state index in [9.17, 15) is 4.79 Å². The summed E-state index contributed by atoms with van der Waals surface area (Å²) in [5.41, 5.74) is 4.58. The molecule has 3 aromatic carbocycles. The Morgan fingerprint density at radius 2 is 1.53 bits per heavy atom. The molecule has 1 N–H and O–H groups in total. The van der Waals surface area contributed by atoms with Crippen LogP contribution >= 0.6 is 23.4 Å². The first-order valence-electron chi connectivity index (χ1n) is 10.4. The number of aryl methyl sites for hydroxylation is 1. The summed E-state index contributed by atoms with van der Waals surface area (Å²) >= 11 is 7.68. The van der Waals surface area contributed by atoms with Crippen LogP contribution < -0.4 is 5.32 Å². The van der Waals surface area contributed by atoms with Gasteiger partial charge in [-0.05, 0) is 71.8 Å². The molecule has 0 aliphatic rings. The number of amides is 1. The molecule has 0 spiro atoms. The number of carbonyl (C=O) groups excluding carboxylic acids is 1. The van der Waals surface area contributed by atoms with Crippen molar-refractivity contribution >= 4 is 29.3 Å². The molecule has 0 saturated heterocycles. The normalized spacial score (nSPS) is 10.9. The fourth-order valence-corrected chi connectivity index (χ4v) is 4.10. The van der Waals surface area contributed by atoms with Gasteiger partial charge in [-0.1, -0.05) is 61.8 Å². The third kappa shape index (κ3) is 6.93. The number of nitrogens with one attached hydrogen (secondary N) is 1.